The smallest absolute Gasteiger partial charge is 0.417 e. The largest absolute Gasteiger partial charge is 0.472 e. The van der Waals surface area contributed by atoms with Gasteiger partial charge in [-0.05, 0) is 52.0 Å². The molecule has 1 aromatic rings. The molecule has 0 radical (unpaired) electrons. The van der Waals surface area contributed by atoms with Crippen molar-refractivity contribution in [1.82, 2.24) is 9.88 Å². The summed E-state index contributed by atoms with van der Waals surface area (Å²) in [6.45, 7) is 5.81. The molecule has 9 heteroatoms. The number of fused-ring (bicyclic) bond motifs is 3. The lowest BCUT2D eigenvalue weighted by Gasteiger charge is -2.53. The van der Waals surface area contributed by atoms with E-state index >= 15 is 0 Å². The SMILES string of the molecule is COC[C@@H]1[C@@H]2CC[C@@H]([C@@H](Oc3ccc(C(F)(F)F)cn3)C2)N1C(=O)OC(C)(C)C. The van der Waals surface area contributed by atoms with Crippen LogP contribution in [0.1, 0.15) is 45.6 Å². The van der Waals surface area contributed by atoms with Crippen LogP contribution in [0.15, 0.2) is 18.3 Å². The molecular formula is C20H27F3N2O4. The van der Waals surface area contributed by atoms with Crippen LogP contribution in [0.25, 0.3) is 0 Å². The van der Waals surface area contributed by atoms with Crippen molar-refractivity contribution in [3.8, 4) is 5.88 Å². The Hall–Kier alpha value is -2.03. The Labute approximate surface area is 168 Å². The van der Waals surface area contributed by atoms with Gasteiger partial charge in [-0.15, -0.1) is 0 Å². The van der Waals surface area contributed by atoms with Gasteiger partial charge in [-0.2, -0.15) is 13.2 Å². The number of amides is 1. The molecule has 0 N–H and O–H groups in total. The fraction of sp³-hybridized carbons (Fsp3) is 0.700. The maximum absolute atomic E-state index is 12.9. The Morgan fingerprint density at radius 2 is 1.97 bits per heavy atom. The Balaban J connectivity index is 1.78. The first kappa shape index (κ1) is 21.7. The van der Waals surface area contributed by atoms with Crippen molar-refractivity contribution in [2.24, 2.45) is 5.92 Å². The number of hydrogen-bond acceptors (Lipinski definition) is 5. The minimum atomic E-state index is -4.45. The summed E-state index contributed by atoms with van der Waals surface area (Å²) >= 11 is 0. The Bertz CT molecular complexity index is 718. The molecule has 0 aromatic carbocycles. The van der Waals surface area contributed by atoms with E-state index in [1.165, 1.54) is 6.07 Å². The van der Waals surface area contributed by atoms with E-state index in [2.05, 4.69) is 4.98 Å². The van der Waals surface area contributed by atoms with Gasteiger partial charge in [-0.3, -0.25) is 4.90 Å². The van der Waals surface area contributed by atoms with Crippen molar-refractivity contribution >= 4 is 6.09 Å². The van der Waals surface area contributed by atoms with Gasteiger partial charge >= 0.3 is 12.3 Å². The van der Waals surface area contributed by atoms with Gasteiger partial charge in [0.1, 0.15) is 11.7 Å². The van der Waals surface area contributed by atoms with E-state index < -0.39 is 23.4 Å². The molecule has 4 atom stereocenters. The number of rotatable bonds is 4. The molecule has 3 fully saturated rings. The number of aromatic nitrogens is 1. The highest BCUT2D eigenvalue weighted by molar-refractivity contribution is 5.69. The number of ether oxygens (including phenoxy) is 3. The Morgan fingerprint density at radius 3 is 2.52 bits per heavy atom. The molecule has 3 heterocycles. The average Bonchev–Trinajstić information content (AvgIpc) is 2.61. The summed E-state index contributed by atoms with van der Waals surface area (Å²) in [5, 5.41) is 0. The van der Waals surface area contributed by atoms with Crippen LogP contribution in [-0.4, -0.2) is 53.5 Å². The zero-order valence-electron chi connectivity index (χ0n) is 17.0. The molecule has 2 aliphatic heterocycles. The van der Waals surface area contributed by atoms with Crippen LogP contribution in [0.5, 0.6) is 5.88 Å². The van der Waals surface area contributed by atoms with Gasteiger partial charge in [-0.25, -0.2) is 9.78 Å². The fourth-order valence-corrected chi connectivity index (χ4v) is 4.16. The summed E-state index contributed by atoms with van der Waals surface area (Å²) in [4.78, 5) is 18.4. The van der Waals surface area contributed by atoms with Crippen LogP contribution in [0, 0.1) is 5.92 Å². The number of methoxy groups -OCH3 is 1. The van der Waals surface area contributed by atoms with Crippen LogP contribution < -0.4 is 4.74 Å². The Kier molecular flexibility index (Phi) is 5.98. The minimum absolute atomic E-state index is 0.114. The normalized spacial score (nSPS) is 27.1. The number of carbonyl (C=O) groups excluding carboxylic acids is 1. The predicted molar refractivity (Wildman–Crippen MR) is 98.5 cm³/mol. The van der Waals surface area contributed by atoms with Gasteiger partial charge in [0, 0.05) is 19.4 Å². The summed E-state index contributed by atoms with van der Waals surface area (Å²) in [7, 11) is 1.59. The summed E-state index contributed by atoms with van der Waals surface area (Å²) in [6, 6.07) is 1.80. The van der Waals surface area contributed by atoms with E-state index in [1.54, 1.807) is 32.8 Å². The molecule has 1 aliphatic carbocycles. The maximum atomic E-state index is 12.9. The van der Waals surface area contributed by atoms with Crippen LogP contribution in [0.3, 0.4) is 0 Å². The molecule has 1 saturated carbocycles. The molecule has 6 nitrogen and oxygen atoms in total. The number of halogens is 3. The third kappa shape index (κ3) is 4.94. The summed E-state index contributed by atoms with van der Waals surface area (Å²) < 4.78 is 55.1. The minimum Gasteiger partial charge on any atom is -0.472 e. The third-order valence-corrected chi connectivity index (χ3v) is 5.33. The molecule has 2 bridgehead atoms. The molecule has 1 aromatic heterocycles. The highest BCUT2D eigenvalue weighted by atomic mass is 19.4. The van der Waals surface area contributed by atoms with Gasteiger partial charge in [0.15, 0.2) is 0 Å². The lowest BCUT2D eigenvalue weighted by molar-refractivity contribution is -0.137. The van der Waals surface area contributed by atoms with Crippen molar-refractivity contribution in [3.63, 3.8) is 0 Å². The van der Waals surface area contributed by atoms with E-state index in [9.17, 15) is 18.0 Å². The lowest BCUT2D eigenvalue weighted by Crippen LogP contribution is -2.65. The van der Waals surface area contributed by atoms with Crippen molar-refractivity contribution in [3.05, 3.63) is 23.9 Å². The number of piperidine rings is 2. The molecule has 0 spiro atoms. The molecule has 4 rings (SSSR count). The molecule has 1 amide bonds. The van der Waals surface area contributed by atoms with Gasteiger partial charge in [0.2, 0.25) is 5.88 Å². The van der Waals surface area contributed by atoms with Crippen molar-refractivity contribution in [2.75, 3.05) is 13.7 Å². The van der Waals surface area contributed by atoms with Crippen molar-refractivity contribution < 1.29 is 32.2 Å². The van der Waals surface area contributed by atoms with E-state index in [4.69, 9.17) is 14.2 Å². The second-order valence-electron chi connectivity index (χ2n) is 8.59. The number of nitrogens with zero attached hydrogens (tertiary/aromatic N) is 2. The zero-order valence-corrected chi connectivity index (χ0v) is 17.0. The molecule has 3 aliphatic rings. The lowest BCUT2D eigenvalue weighted by atomic mass is 9.73. The van der Waals surface area contributed by atoms with E-state index in [0.29, 0.717) is 13.0 Å². The van der Waals surface area contributed by atoms with Crippen molar-refractivity contribution in [2.45, 2.75) is 70.0 Å². The topological polar surface area (TPSA) is 60.9 Å². The van der Waals surface area contributed by atoms with Crippen LogP contribution in [0.4, 0.5) is 18.0 Å². The first-order valence-corrected chi connectivity index (χ1v) is 9.70. The van der Waals surface area contributed by atoms with E-state index in [-0.39, 0.29) is 30.0 Å². The van der Waals surface area contributed by atoms with Gasteiger partial charge in [0.05, 0.1) is 24.3 Å². The summed E-state index contributed by atoms with van der Waals surface area (Å²) in [6.07, 6.45) is -2.14. The quantitative estimate of drug-likeness (QED) is 0.733. The first-order chi connectivity index (χ1) is 13.5. The zero-order chi connectivity index (χ0) is 21.4. The predicted octanol–water partition coefficient (Wildman–Crippen LogP) is 4.28. The molecule has 0 unspecified atom stereocenters. The van der Waals surface area contributed by atoms with Gasteiger partial charge in [-0.1, -0.05) is 0 Å². The third-order valence-electron chi connectivity index (χ3n) is 5.33. The molecular weight excluding hydrogens is 389 g/mol. The van der Waals surface area contributed by atoms with Crippen LogP contribution in [0.2, 0.25) is 0 Å². The average molecular weight is 416 g/mol. The number of pyridine rings is 1. The standard InChI is InChI=1S/C20H27F3N2O4/c1-19(2,3)29-18(26)25-14-7-5-12(15(25)11-27-4)9-16(14)28-17-8-6-13(10-24-17)20(21,22)23/h6,8,10,12,14-16H,5,7,9,11H2,1-4H3/t12-,14+,15-,16+/m1/s1. The molecule has 162 valence electrons. The summed E-state index contributed by atoms with van der Waals surface area (Å²) in [5.41, 5.74) is -1.47. The second kappa shape index (κ2) is 8.01. The van der Waals surface area contributed by atoms with Crippen LogP contribution in [-0.2, 0) is 15.7 Å². The Morgan fingerprint density at radius 1 is 1.24 bits per heavy atom. The number of alkyl halides is 3. The monoisotopic (exact) mass is 416 g/mol. The van der Waals surface area contributed by atoms with E-state index in [1.807, 2.05) is 0 Å². The molecule has 29 heavy (non-hydrogen) atoms. The summed E-state index contributed by atoms with van der Waals surface area (Å²) in [5.74, 6) is 0.273. The molecule has 2 saturated heterocycles. The fourth-order valence-electron chi connectivity index (χ4n) is 4.16. The van der Waals surface area contributed by atoms with Crippen molar-refractivity contribution in [1.29, 1.82) is 0 Å². The second-order valence-corrected chi connectivity index (χ2v) is 8.59. The highest BCUT2D eigenvalue weighted by Gasteiger charge is 2.51. The van der Waals surface area contributed by atoms with E-state index in [0.717, 1.165) is 25.1 Å². The van der Waals surface area contributed by atoms with Gasteiger partial charge < -0.3 is 14.2 Å². The van der Waals surface area contributed by atoms with Gasteiger partial charge in [0.25, 0.3) is 0 Å². The number of carbonyl (C=O) groups is 1. The first-order valence-electron chi connectivity index (χ1n) is 9.70. The van der Waals surface area contributed by atoms with Crippen LogP contribution >= 0.6 is 0 Å². The highest BCUT2D eigenvalue weighted by Crippen LogP contribution is 2.42. The number of hydrogen-bond donors (Lipinski definition) is 0. The maximum Gasteiger partial charge on any atom is 0.417 e.